The highest BCUT2D eigenvalue weighted by Gasteiger charge is 2.07. The van der Waals surface area contributed by atoms with Crippen LogP contribution in [0.15, 0.2) is 12.2 Å². The molecule has 0 aromatic heterocycles. The molecule has 0 bridgehead atoms. The molecular formula is C11H18O3S. The molecule has 1 unspecified atom stereocenters. The van der Waals surface area contributed by atoms with Crippen molar-refractivity contribution < 1.29 is 14.3 Å². The van der Waals surface area contributed by atoms with Gasteiger partial charge in [0.25, 0.3) is 0 Å². The number of ether oxygens (including phenoxy) is 1. The van der Waals surface area contributed by atoms with Crippen LogP contribution in [0.25, 0.3) is 0 Å². The third-order valence-electron chi connectivity index (χ3n) is 1.81. The summed E-state index contributed by atoms with van der Waals surface area (Å²) in [6.45, 7) is 8.96. The molecule has 0 radical (unpaired) electrons. The average Bonchev–Trinajstić information content (AvgIpc) is 2.16. The molecule has 0 aliphatic carbocycles. The van der Waals surface area contributed by atoms with Crippen molar-refractivity contribution in [2.45, 2.75) is 32.4 Å². The first-order valence-electron chi connectivity index (χ1n) is 4.90. The topological polar surface area (TPSA) is 43.4 Å². The molecule has 0 aromatic rings. The Kier molecular flexibility index (Phi) is 7.13. The number of carbonyl (C=O) groups is 2. The summed E-state index contributed by atoms with van der Waals surface area (Å²) in [6, 6.07) is 0. The summed E-state index contributed by atoms with van der Waals surface area (Å²) in [5.74, 6) is 0.656. The number of rotatable bonds is 7. The minimum atomic E-state index is -0.348. The van der Waals surface area contributed by atoms with Crippen molar-refractivity contribution in [3.63, 3.8) is 0 Å². The molecule has 0 N–H and O–H groups in total. The summed E-state index contributed by atoms with van der Waals surface area (Å²) in [4.78, 5) is 21.9. The van der Waals surface area contributed by atoms with E-state index in [1.54, 1.807) is 25.6 Å². The number of esters is 1. The highest BCUT2D eigenvalue weighted by Crippen LogP contribution is 2.12. The maximum atomic E-state index is 11.0. The van der Waals surface area contributed by atoms with Crippen molar-refractivity contribution in [3.05, 3.63) is 12.2 Å². The molecule has 1 atom stereocenters. The molecule has 0 aromatic carbocycles. The molecular weight excluding hydrogens is 212 g/mol. The van der Waals surface area contributed by atoms with Crippen molar-refractivity contribution in [1.82, 2.24) is 0 Å². The lowest BCUT2D eigenvalue weighted by molar-refractivity contribution is -0.138. The second-order valence-electron chi connectivity index (χ2n) is 3.39. The summed E-state index contributed by atoms with van der Waals surface area (Å²) in [7, 11) is 0. The largest absolute Gasteiger partial charge is 0.462 e. The van der Waals surface area contributed by atoms with Crippen LogP contribution in [0, 0.1) is 0 Å². The van der Waals surface area contributed by atoms with Crippen LogP contribution in [0.5, 0.6) is 0 Å². The Morgan fingerprint density at radius 2 is 2.00 bits per heavy atom. The number of ketones is 1. The van der Waals surface area contributed by atoms with Crippen LogP contribution in [0.3, 0.4) is 0 Å². The number of thioether (sulfide) groups is 1. The number of hydrogen-bond donors (Lipinski definition) is 0. The van der Waals surface area contributed by atoms with E-state index in [0.717, 1.165) is 12.2 Å². The minimum absolute atomic E-state index is 0.0295. The molecule has 0 amide bonds. The van der Waals surface area contributed by atoms with Gasteiger partial charge in [-0.25, -0.2) is 4.79 Å². The van der Waals surface area contributed by atoms with Crippen molar-refractivity contribution in [1.29, 1.82) is 0 Å². The number of Topliss-reactive ketones (excluding diaryl/α,β-unsaturated/α-hetero) is 1. The Morgan fingerprint density at radius 1 is 1.40 bits per heavy atom. The lowest BCUT2D eigenvalue weighted by Gasteiger charge is -2.07. The second kappa shape index (κ2) is 7.51. The minimum Gasteiger partial charge on any atom is -0.462 e. The zero-order chi connectivity index (χ0) is 11.8. The predicted octanol–water partition coefficient (Wildman–Crippen LogP) is 2.21. The van der Waals surface area contributed by atoms with Crippen LogP contribution in [-0.4, -0.2) is 29.4 Å². The number of carbonyl (C=O) groups excluding carboxylic acids is 2. The van der Waals surface area contributed by atoms with Crippen LogP contribution < -0.4 is 0 Å². The van der Waals surface area contributed by atoms with Crippen LogP contribution in [0.4, 0.5) is 0 Å². The molecule has 0 spiro atoms. The van der Waals surface area contributed by atoms with Crippen LogP contribution in [-0.2, 0) is 14.3 Å². The Morgan fingerprint density at radius 3 is 2.47 bits per heavy atom. The lowest BCUT2D eigenvalue weighted by Crippen LogP contribution is -2.10. The smallest absolute Gasteiger partial charge is 0.333 e. The highest BCUT2D eigenvalue weighted by atomic mass is 32.2. The molecule has 4 heteroatoms. The first kappa shape index (κ1) is 14.2. The standard InChI is InChI=1S/C11H18O3S/c1-8(2)11(13)14-6-5-7-15-10(4)9(3)12/h10H,1,5-7H2,2-4H3. The zero-order valence-corrected chi connectivity index (χ0v) is 10.4. The third-order valence-corrected chi connectivity index (χ3v) is 3.17. The molecule has 3 nitrogen and oxygen atoms in total. The van der Waals surface area contributed by atoms with Gasteiger partial charge in [-0.3, -0.25) is 4.79 Å². The molecule has 0 aliphatic rings. The van der Waals surface area contributed by atoms with Gasteiger partial charge in [-0.15, -0.1) is 0 Å². The van der Waals surface area contributed by atoms with E-state index < -0.39 is 0 Å². The van der Waals surface area contributed by atoms with Crippen LogP contribution in [0.1, 0.15) is 27.2 Å². The van der Waals surface area contributed by atoms with Crippen molar-refractivity contribution in [2.24, 2.45) is 0 Å². The van der Waals surface area contributed by atoms with Gasteiger partial charge in [0.05, 0.1) is 11.9 Å². The Bertz CT molecular complexity index is 248. The zero-order valence-electron chi connectivity index (χ0n) is 9.54. The van der Waals surface area contributed by atoms with E-state index in [1.807, 2.05) is 6.92 Å². The molecule has 0 heterocycles. The van der Waals surface area contributed by atoms with E-state index in [2.05, 4.69) is 6.58 Å². The molecule has 0 saturated carbocycles. The highest BCUT2D eigenvalue weighted by molar-refractivity contribution is 8.00. The Hall–Kier alpha value is -0.770. The summed E-state index contributed by atoms with van der Waals surface area (Å²) in [6.07, 6.45) is 0.765. The van der Waals surface area contributed by atoms with E-state index in [1.165, 1.54) is 0 Å². The summed E-state index contributed by atoms with van der Waals surface area (Å²) in [5, 5.41) is 0.0295. The van der Waals surface area contributed by atoms with Crippen molar-refractivity contribution in [2.75, 3.05) is 12.4 Å². The van der Waals surface area contributed by atoms with Crippen LogP contribution >= 0.6 is 11.8 Å². The van der Waals surface area contributed by atoms with E-state index in [-0.39, 0.29) is 17.0 Å². The summed E-state index contributed by atoms with van der Waals surface area (Å²) >= 11 is 1.58. The van der Waals surface area contributed by atoms with Gasteiger partial charge in [-0.1, -0.05) is 6.58 Å². The van der Waals surface area contributed by atoms with Gasteiger partial charge in [-0.05, 0) is 32.9 Å². The van der Waals surface area contributed by atoms with E-state index >= 15 is 0 Å². The normalized spacial score (nSPS) is 11.9. The quantitative estimate of drug-likeness (QED) is 0.382. The first-order chi connectivity index (χ1) is 6.95. The van der Waals surface area contributed by atoms with Gasteiger partial charge in [0.15, 0.2) is 0 Å². The predicted molar refractivity (Wildman–Crippen MR) is 63.0 cm³/mol. The maximum absolute atomic E-state index is 11.0. The third kappa shape index (κ3) is 7.19. The fraction of sp³-hybridized carbons (Fsp3) is 0.636. The fourth-order valence-corrected chi connectivity index (χ4v) is 1.60. The van der Waals surface area contributed by atoms with Gasteiger partial charge in [0, 0.05) is 5.57 Å². The van der Waals surface area contributed by atoms with Crippen molar-refractivity contribution >= 4 is 23.5 Å². The monoisotopic (exact) mass is 230 g/mol. The average molecular weight is 230 g/mol. The fourth-order valence-electron chi connectivity index (χ4n) is 0.724. The molecule has 0 rings (SSSR count). The van der Waals surface area contributed by atoms with E-state index in [9.17, 15) is 9.59 Å². The Balaban J connectivity index is 3.44. The molecule has 86 valence electrons. The SMILES string of the molecule is C=C(C)C(=O)OCCCSC(C)C(C)=O. The molecule has 15 heavy (non-hydrogen) atoms. The van der Waals surface area contributed by atoms with Crippen molar-refractivity contribution in [3.8, 4) is 0 Å². The second-order valence-corrected chi connectivity index (χ2v) is 4.84. The number of hydrogen-bond acceptors (Lipinski definition) is 4. The molecule has 0 saturated heterocycles. The Labute approximate surface area is 95.3 Å². The van der Waals surface area contributed by atoms with Gasteiger partial charge in [-0.2, -0.15) is 11.8 Å². The summed E-state index contributed by atoms with van der Waals surface area (Å²) in [5.41, 5.74) is 0.416. The van der Waals surface area contributed by atoms with E-state index in [4.69, 9.17) is 4.74 Å². The summed E-state index contributed by atoms with van der Waals surface area (Å²) < 4.78 is 4.91. The first-order valence-corrected chi connectivity index (χ1v) is 5.94. The van der Waals surface area contributed by atoms with Gasteiger partial charge in [0.2, 0.25) is 0 Å². The maximum Gasteiger partial charge on any atom is 0.333 e. The molecule has 0 aliphatic heterocycles. The van der Waals surface area contributed by atoms with Gasteiger partial charge in [0.1, 0.15) is 5.78 Å². The van der Waals surface area contributed by atoms with Gasteiger partial charge >= 0.3 is 5.97 Å². The van der Waals surface area contributed by atoms with E-state index in [0.29, 0.717) is 12.2 Å². The van der Waals surface area contributed by atoms with Crippen LogP contribution in [0.2, 0.25) is 0 Å². The molecule has 0 fully saturated rings. The lowest BCUT2D eigenvalue weighted by atomic mass is 10.3. The van der Waals surface area contributed by atoms with Gasteiger partial charge < -0.3 is 4.74 Å².